The van der Waals surface area contributed by atoms with Gasteiger partial charge in [-0.15, -0.1) is 0 Å². The van der Waals surface area contributed by atoms with E-state index in [0.29, 0.717) is 11.5 Å². The average Bonchev–Trinajstić information content (AvgIpc) is 3.24. The molecule has 2 aliphatic rings. The first kappa shape index (κ1) is 16.8. The molecule has 0 bridgehead atoms. The second kappa shape index (κ2) is 6.24. The highest BCUT2D eigenvalue weighted by molar-refractivity contribution is 7.89. The fraction of sp³-hybridized carbons (Fsp3) is 0.400. The molecule has 2 fully saturated rings. The van der Waals surface area contributed by atoms with E-state index < -0.39 is 15.7 Å². The summed E-state index contributed by atoms with van der Waals surface area (Å²) in [4.78, 5) is 0.343. The molecule has 25 heavy (non-hydrogen) atoms. The summed E-state index contributed by atoms with van der Waals surface area (Å²) in [5, 5.41) is 0. The standard InChI is InChI=1S/C20H23NO3S/c1-16-8-10-18(11-9-16)25(22,23)21-19(17-6-3-2-4-7-17)12-14-20(21)13-5-15-24-20/h2-4,6-11,19H,5,12-15H2,1H3. The Hall–Kier alpha value is -1.69. The first-order valence-corrected chi connectivity index (χ1v) is 10.3. The predicted octanol–water partition coefficient (Wildman–Crippen LogP) is 4.03. The molecule has 2 unspecified atom stereocenters. The van der Waals surface area contributed by atoms with Crippen LogP contribution >= 0.6 is 0 Å². The van der Waals surface area contributed by atoms with Gasteiger partial charge in [-0.05, 0) is 50.3 Å². The van der Waals surface area contributed by atoms with Crippen LogP contribution < -0.4 is 0 Å². The van der Waals surface area contributed by atoms with E-state index in [2.05, 4.69) is 0 Å². The van der Waals surface area contributed by atoms with Gasteiger partial charge in [0.25, 0.3) is 0 Å². The Labute approximate surface area is 149 Å². The maximum Gasteiger partial charge on any atom is 0.246 e. The fourth-order valence-electron chi connectivity index (χ4n) is 4.11. The Morgan fingerprint density at radius 2 is 1.76 bits per heavy atom. The van der Waals surface area contributed by atoms with Gasteiger partial charge in [0, 0.05) is 6.61 Å². The van der Waals surface area contributed by atoms with Crippen LogP contribution in [0.1, 0.15) is 42.9 Å². The van der Waals surface area contributed by atoms with Crippen LogP contribution in [-0.4, -0.2) is 25.1 Å². The van der Waals surface area contributed by atoms with Crippen molar-refractivity contribution in [3.05, 3.63) is 65.7 Å². The highest BCUT2D eigenvalue weighted by atomic mass is 32.2. The molecule has 2 atom stereocenters. The molecule has 0 amide bonds. The van der Waals surface area contributed by atoms with Gasteiger partial charge in [-0.1, -0.05) is 48.0 Å². The maximum absolute atomic E-state index is 13.5. The molecular weight excluding hydrogens is 334 g/mol. The lowest BCUT2D eigenvalue weighted by atomic mass is 10.0. The van der Waals surface area contributed by atoms with E-state index in [9.17, 15) is 8.42 Å². The van der Waals surface area contributed by atoms with Crippen LogP contribution in [0.15, 0.2) is 59.5 Å². The van der Waals surface area contributed by atoms with Crippen molar-refractivity contribution in [1.82, 2.24) is 4.31 Å². The third-order valence-electron chi connectivity index (χ3n) is 5.34. The van der Waals surface area contributed by atoms with Gasteiger partial charge in [-0.25, -0.2) is 8.42 Å². The Morgan fingerprint density at radius 1 is 1.04 bits per heavy atom. The third-order valence-corrected chi connectivity index (χ3v) is 7.31. The fourth-order valence-corrected chi connectivity index (χ4v) is 6.06. The number of rotatable bonds is 3. The van der Waals surface area contributed by atoms with Crippen molar-refractivity contribution in [2.45, 2.75) is 49.3 Å². The van der Waals surface area contributed by atoms with Gasteiger partial charge >= 0.3 is 0 Å². The van der Waals surface area contributed by atoms with Gasteiger partial charge in [-0.3, -0.25) is 0 Å². The van der Waals surface area contributed by atoms with E-state index >= 15 is 0 Å². The Bertz CT molecular complexity index is 840. The molecular formula is C20H23NO3S. The Morgan fingerprint density at radius 3 is 2.40 bits per heavy atom. The minimum atomic E-state index is -3.64. The van der Waals surface area contributed by atoms with Crippen molar-refractivity contribution >= 4 is 10.0 Å². The second-order valence-electron chi connectivity index (χ2n) is 6.98. The molecule has 0 N–H and O–H groups in total. The minimum Gasteiger partial charge on any atom is -0.359 e. The largest absolute Gasteiger partial charge is 0.359 e. The summed E-state index contributed by atoms with van der Waals surface area (Å²) in [6.45, 7) is 2.59. The van der Waals surface area contributed by atoms with Crippen LogP contribution in [0.4, 0.5) is 0 Å². The van der Waals surface area contributed by atoms with Gasteiger partial charge in [0.15, 0.2) is 0 Å². The molecule has 0 saturated carbocycles. The lowest BCUT2D eigenvalue weighted by molar-refractivity contribution is -0.0668. The van der Waals surface area contributed by atoms with Crippen molar-refractivity contribution < 1.29 is 13.2 Å². The molecule has 2 aromatic rings. The summed E-state index contributed by atoms with van der Waals surface area (Å²) in [6, 6.07) is 16.8. The molecule has 0 aliphatic carbocycles. The van der Waals surface area contributed by atoms with Crippen LogP contribution in [0, 0.1) is 6.92 Å². The average molecular weight is 357 g/mol. The number of ether oxygens (including phenoxy) is 1. The van der Waals surface area contributed by atoms with E-state index in [-0.39, 0.29) is 6.04 Å². The molecule has 2 aliphatic heterocycles. The molecule has 132 valence electrons. The van der Waals surface area contributed by atoms with Crippen molar-refractivity contribution in [3.63, 3.8) is 0 Å². The lowest BCUT2D eigenvalue weighted by Gasteiger charge is -2.36. The molecule has 1 spiro atoms. The highest BCUT2D eigenvalue weighted by Gasteiger charge is 2.55. The van der Waals surface area contributed by atoms with Gasteiger partial charge in [0.1, 0.15) is 5.72 Å². The zero-order valence-corrected chi connectivity index (χ0v) is 15.2. The third kappa shape index (κ3) is 2.80. The van der Waals surface area contributed by atoms with Crippen molar-refractivity contribution in [2.24, 2.45) is 0 Å². The zero-order valence-electron chi connectivity index (χ0n) is 14.4. The molecule has 2 heterocycles. The monoisotopic (exact) mass is 357 g/mol. The smallest absolute Gasteiger partial charge is 0.246 e. The quantitative estimate of drug-likeness (QED) is 0.833. The van der Waals surface area contributed by atoms with E-state index in [4.69, 9.17) is 4.74 Å². The zero-order chi connectivity index (χ0) is 17.5. The van der Waals surface area contributed by atoms with Crippen LogP contribution in [0.2, 0.25) is 0 Å². The van der Waals surface area contributed by atoms with Gasteiger partial charge in [0.2, 0.25) is 10.0 Å². The number of nitrogens with zero attached hydrogens (tertiary/aromatic N) is 1. The number of sulfonamides is 1. The molecule has 2 saturated heterocycles. The molecule has 2 aromatic carbocycles. The predicted molar refractivity (Wildman–Crippen MR) is 96.5 cm³/mol. The molecule has 0 radical (unpaired) electrons. The summed E-state index contributed by atoms with van der Waals surface area (Å²) in [6.07, 6.45) is 3.20. The second-order valence-corrected chi connectivity index (χ2v) is 8.79. The van der Waals surface area contributed by atoms with Crippen LogP contribution in [-0.2, 0) is 14.8 Å². The van der Waals surface area contributed by atoms with Crippen LogP contribution in [0.5, 0.6) is 0 Å². The van der Waals surface area contributed by atoms with E-state index in [1.807, 2.05) is 49.4 Å². The molecule has 4 nitrogen and oxygen atoms in total. The normalized spacial score (nSPS) is 27.2. The highest BCUT2D eigenvalue weighted by Crippen LogP contribution is 2.50. The number of hydrogen-bond acceptors (Lipinski definition) is 3. The van der Waals surface area contributed by atoms with Gasteiger partial charge in [-0.2, -0.15) is 4.31 Å². The number of aryl methyl sites for hydroxylation is 1. The summed E-state index contributed by atoms with van der Waals surface area (Å²) in [7, 11) is -3.64. The Balaban J connectivity index is 1.82. The maximum atomic E-state index is 13.5. The Kier molecular flexibility index (Phi) is 4.18. The summed E-state index contributed by atoms with van der Waals surface area (Å²) < 4.78 is 34.8. The summed E-state index contributed by atoms with van der Waals surface area (Å²) >= 11 is 0. The molecule has 4 rings (SSSR count). The first-order valence-electron chi connectivity index (χ1n) is 8.83. The molecule has 0 aromatic heterocycles. The van der Waals surface area contributed by atoms with E-state index in [1.165, 1.54) is 0 Å². The minimum absolute atomic E-state index is 0.175. The van der Waals surface area contributed by atoms with Gasteiger partial charge < -0.3 is 4.74 Å². The van der Waals surface area contributed by atoms with Crippen molar-refractivity contribution in [3.8, 4) is 0 Å². The topological polar surface area (TPSA) is 46.6 Å². The van der Waals surface area contributed by atoms with Gasteiger partial charge in [0.05, 0.1) is 10.9 Å². The van der Waals surface area contributed by atoms with E-state index in [0.717, 1.165) is 36.8 Å². The van der Waals surface area contributed by atoms with Crippen LogP contribution in [0.25, 0.3) is 0 Å². The molecule has 5 heteroatoms. The SMILES string of the molecule is Cc1ccc(S(=O)(=O)N2C(c3ccccc3)CCC23CCCO3)cc1. The number of hydrogen-bond donors (Lipinski definition) is 0. The van der Waals surface area contributed by atoms with E-state index in [1.54, 1.807) is 16.4 Å². The lowest BCUT2D eigenvalue weighted by Crippen LogP contribution is -2.47. The van der Waals surface area contributed by atoms with Crippen molar-refractivity contribution in [2.75, 3.05) is 6.61 Å². The first-order chi connectivity index (χ1) is 12.0. The van der Waals surface area contributed by atoms with Crippen molar-refractivity contribution in [1.29, 1.82) is 0 Å². The summed E-state index contributed by atoms with van der Waals surface area (Å²) in [5.74, 6) is 0. The van der Waals surface area contributed by atoms with Crippen LogP contribution in [0.3, 0.4) is 0 Å². The number of benzene rings is 2. The summed E-state index contributed by atoms with van der Waals surface area (Å²) in [5.41, 5.74) is 1.39.